The highest BCUT2D eigenvalue weighted by Crippen LogP contribution is 2.43. The van der Waals surface area contributed by atoms with Gasteiger partial charge >= 0.3 is 0 Å². The summed E-state index contributed by atoms with van der Waals surface area (Å²) in [5.41, 5.74) is 11.6. The van der Waals surface area contributed by atoms with E-state index >= 15 is 0 Å². The number of likely N-dealkylation sites (tertiary alicyclic amines) is 2. The molecule has 9 nitrogen and oxygen atoms in total. The summed E-state index contributed by atoms with van der Waals surface area (Å²) >= 11 is 0. The highest BCUT2D eigenvalue weighted by atomic mass is 16.2. The number of rotatable bonds is 5. The third-order valence-electron chi connectivity index (χ3n) is 8.73. The van der Waals surface area contributed by atoms with Crippen molar-refractivity contribution in [3.8, 4) is 11.4 Å². The Morgan fingerprint density at radius 2 is 1.90 bits per heavy atom. The van der Waals surface area contributed by atoms with Crippen LogP contribution < -0.4 is 11.1 Å². The van der Waals surface area contributed by atoms with Crippen LogP contribution in [0.5, 0.6) is 0 Å². The Labute approximate surface area is 230 Å². The van der Waals surface area contributed by atoms with Gasteiger partial charge in [0.25, 0.3) is 5.91 Å². The van der Waals surface area contributed by atoms with Crippen LogP contribution in [0.25, 0.3) is 11.4 Å². The van der Waals surface area contributed by atoms with E-state index in [0.717, 1.165) is 53.9 Å². The standard InChI is InChI=1S/C30H40N8O/c1-30(2)17-21-18-32-29(31)34-25(21)27-24(30)26(35-36(27)3)28(39)33-22-9-7-8-20(16-22)19-37-14-10-23(11-15-37)38-12-5-4-6-13-38/h7-9,16,18,23H,4-6,10-15,17,19H2,1-3H3,(H,33,39)(H2,31,32,34). The van der Waals surface area contributed by atoms with Crippen molar-refractivity contribution in [1.82, 2.24) is 29.5 Å². The quantitative estimate of drug-likeness (QED) is 0.516. The van der Waals surface area contributed by atoms with Gasteiger partial charge in [-0.15, -0.1) is 0 Å². The number of hydrogen-bond donors (Lipinski definition) is 2. The van der Waals surface area contributed by atoms with Gasteiger partial charge < -0.3 is 16.0 Å². The molecule has 0 unspecified atom stereocenters. The molecule has 3 N–H and O–H groups in total. The smallest absolute Gasteiger partial charge is 0.276 e. The Morgan fingerprint density at radius 1 is 1.13 bits per heavy atom. The number of benzene rings is 1. The second-order valence-corrected chi connectivity index (χ2v) is 12.1. The molecule has 206 valence electrons. The molecule has 0 bridgehead atoms. The van der Waals surface area contributed by atoms with E-state index in [1.807, 2.05) is 19.2 Å². The molecule has 2 saturated heterocycles. The van der Waals surface area contributed by atoms with Crippen molar-refractivity contribution in [2.75, 3.05) is 37.2 Å². The summed E-state index contributed by atoms with van der Waals surface area (Å²) in [5, 5.41) is 7.79. The third kappa shape index (κ3) is 5.17. The predicted molar refractivity (Wildman–Crippen MR) is 153 cm³/mol. The van der Waals surface area contributed by atoms with Crippen LogP contribution in [0.2, 0.25) is 0 Å². The molecule has 0 spiro atoms. The van der Waals surface area contributed by atoms with Crippen LogP contribution in [-0.2, 0) is 25.4 Å². The zero-order valence-electron chi connectivity index (χ0n) is 23.4. The molecule has 6 rings (SSSR count). The second kappa shape index (κ2) is 10.4. The van der Waals surface area contributed by atoms with Crippen LogP contribution in [0.4, 0.5) is 11.6 Å². The van der Waals surface area contributed by atoms with E-state index in [4.69, 9.17) is 5.73 Å². The number of nitrogens with zero attached hydrogens (tertiary/aromatic N) is 6. The number of anilines is 2. The van der Waals surface area contributed by atoms with Gasteiger partial charge in [-0.05, 0) is 87.0 Å². The van der Waals surface area contributed by atoms with Crippen LogP contribution in [0, 0.1) is 0 Å². The SMILES string of the molecule is Cn1nc(C(=O)Nc2cccc(CN3CCC(N4CCCCC4)CC3)c2)c2c1-c1nc(N)ncc1CC2(C)C. The minimum Gasteiger partial charge on any atom is -0.368 e. The molecular formula is C30H40N8O. The molecule has 2 aliphatic heterocycles. The molecule has 0 radical (unpaired) electrons. The zero-order valence-corrected chi connectivity index (χ0v) is 23.4. The fourth-order valence-corrected chi connectivity index (χ4v) is 6.84. The van der Waals surface area contributed by atoms with E-state index in [-0.39, 0.29) is 17.3 Å². The van der Waals surface area contributed by atoms with Gasteiger partial charge in [-0.3, -0.25) is 14.4 Å². The summed E-state index contributed by atoms with van der Waals surface area (Å²) in [7, 11) is 1.86. The van der Waals surface area contributed by atoms with Crippen LogP contribution in [0.3, 0.4) is 0 Å². The Bertz CT molecular complexity index is 1370. The number of nitrogens with two attached hydrogens (primary N) is 1. The Balaban J connectivity index is 1.16. The van der Waals surface area contributed by atoms with Crippen molar-refractivity contribution in [3.05, 3.63) is 52.8 Å². The summed E-state index contributed by atoms with van der Waals surface area (Å²) in [6.07, 6.45) is 9.10. The molecule has 3 aromatic rings. The molecule has 2 aromatic heterocycles. The van der Waals surface area contributed by atoms with E-state index in [0.29, 0.717) is 12.1 Å². The zero-order chi connectivity index (χ0) is 27.1. The summed E-state index contributed by atoms with van der Waals surface area (Å²) in [6.45, 7) is 9.98. The number of fused-ring (bicyclic) bond motifs is 3. The van der Waals surface area contributed by atoms with Crippen molar-refractivity contribution >= 4 is 17.5 Å². The first kappa shape index (κ1) is 26.0. The third-order valence-corrected chi connectivity index (χ3v) is 8.73. The number of carbonyl (C=O) groups excluding carboxylic acids is 1. The van der Waals surface area contributed by atoms with Gasteiger partial charge in [0.1, 0.15) is 0 Å². The Hall–Kier alpha value is -3.30. The summed E-state index contributed by atoms with van der Waals surface area (Å²) < 4.78 is 1.75. The number of amides is 1. The normalized spacial score (nSPS) is 19.9. The second-order valence-electron chi connectivity index (χ2n) is 12.1. The molecule has 4 heterocycles. The lowest BCUT2D eigenvalue weighted by Gasteiger charge is -2.40. The van der Waals surface area contributed by atoms with E-state index in [1.54, 1.807) is 10.9 Å². The first-order valence-electron chi connectivity index (χ1n) is 14.3. The Morgan fingerprint density at radius 3 is 2.67 bits per heavy atom. The van der Waals surface area contributed by atoms with Gasteiger partial charge in [0, 0.05) is 37.1 Å². The number of piperidine rings is 2. The molecule has 3 aliphatic rings. The number of nitrogen functional groups attached to an aromatic ring is 1. The minimum absolute atomic E-state index is 0.204. The molecule has 1 amide bonds. The van der Waals surface area contributed by atoms with E-state index in [9.17, 15) is 4.79 Å². The lowest BCUT2D eigenvalue weighted by Crippen LogP contribution is -2.46. The lowest BCUT2D eigenvalue weighted by molar-refractivity contribution is 0.0896. The van der Waals surface area contributed by atoms with Gasteiger partial charge in [-0.25, -0.2) is 9.97 Å². The molecule has 1 aliphatic carbocycles. The van der Waals surface area contributed by atoms with Crippen molar-refractivity contribution in [2.45, 2.75) is 70.4 Å². The number of hydrogen-bond acceptors (Lipinski definition) is 7. The van der Waals surface area contributed by atoms with Gasteiger partial charge in [-0.2, -0.15) is 5.10 Å². The van der Waals surface area contributed by atoms with Crippen molar-refractivity contribution < 1.29 is 4.79 Å². The Kier molecular flexibility index (Phi) is 6.89. The van der Waals surface area contributed by atoms with E-state index in [2.05, 4.69) is 56.2 Å². The monoisotopic (exact) mass is 528 g/mol. The van der Waals surface area contributed by atoms with Crippen molar-refractivity contribution in [2.24, 2.45) is 7.05 Å². The maximum absolute atomic E-state index is 13.6. The van der Waals surface area contributed by atoms with Crippen LogP contribution in [-0.4, -0.2) is 67.7 Å². The molecule has 0 saturated carbocycles. The van der Waals surface area contributed by atoms with Gasteiger partial charge in [0.05, 0.1) is 11.4 Å². The fourth-order valence-electron chi connectivity index (χ4n) is 6.84. The van der Waals surface area contributed by atoms with Gasteiger partial charge in [0.2, 0.25) is 5.95 Å². The number of nitrogens with one attached hydrogen (secondary N) is 1. The molecule has 39 heavy (non-hydrogen) atoms. The molecule has 9 heteroatoms. The summed E-state index contributed by atoms with van der Waals surface area (Å²) in [6, 6.07) is 8.97. The molecular weight excluding hydrogens is 488 g/mol. The minimum atomic E-state index is -0.301. The average molecular weight is 529 g/mol. The van der Waals surface area contributed by atoms with Crippen molar-refractivity contribution in [3.63, 3.8) is 0 Å². The highest BCUT2D eigenvalue weighted by Gasteiger charge is 2.39. The average Bonchev–Trinajstić information content (AvgIpc) is 3.29. The van der Waals surface area contributed by atoms with Crippen LogP contribution in [0.1, 0.15) is 73.1 Å². The summed E-state index contributed by atoms with van der Waals surface area (Å²) in [4.78, 5) is 27.5. The lowest BCUT2D eigenvalue weighted by atomic mass is 9.73. The largest absolute Gasteiger partial charge is 0.368 e. The molecule has 0 atom stereocenters. The van der Waals surface area contributed by atoms with Gasteiger partial charge in [-0.1, -0.05) is 32.4 Å². The fraction of sp³-hybridized carbons (Fsp3) is 0.533. The first-order chi connectivity index (χ1) is 18.8. The number of aromatic nitrogens is 4. The maximum Gasteiger partial charge on any atom is 0.276 e. The van der Waals surface area contributed by atoms with E-state index < -0.39 is 0 Å². The predicted octanol–water partition coefficient (Wildman–Crippen LogP) is 4.00. The number of carbonyl (C=O) groups is 1. The topological polar surface area (TPSA) is 105 Å². The van der Waals surface area contributed by atoms with Gasteiger partial charge in [0.15, 0.2) is 5.69 Å². The number of aryl methyl sites for hydroxylation is 1. The van der Waals surface area contributed by atoms with Crippen LogP contribution >= 0.6 is 0 Å². The van der Waals surface area contributed by atoms with Crippen LogP contribution in [0.15, 0.2) is 30.5 Å². The van der Waals surface area contributed by atoms with Crippen molar-refractivity contribution in [1.29, 1.82) is 0 Å². The maximum atomic E-state index is 13.6. The van der Waals surface area contributed by atoms with E-state index in [1.165, 1.54) is 50.8 Å². The summed E-state index contributed by atoms with van der Waals surface area (Å²) in [5.74, 6) is 0.0176. The molecule has 2 fully saturated rings. The highest BCUT2D eigenvalue weighted by molar-refractivity contribution is 6.05. The first-order valence-corrected chi connectivity index (χ1v) is 14.3. The molecule has 1 aromatic carbocycles.